The summed E-state index contributed by atoms with van der Waals surface area (Å²) < 4.78 is 5.86. The van der Waals surface area contributed by atoms with E-state index in [9.17, 15) is 9.90 Å². The molecule has 0 aliphatic rings. The van der Waals surface area contributed by atoms with E-state index >= 15 is 0 Å². The van der Waals surface area contributed by atoms with Gasteiger partial charge in [0, 0.05) is 19.8 Å². The quantitative estimate of drug-likeness (QED) is 0.0540. The standard InChI is InChI=1S/C39H76O4/c1-2-33-38(39(41)42)34-29-25-21-17-13-9-5-8-12-16-20-24-28-32-37-43-36-31-27-23-19-15-11-7-4-3-6-10-14-18-22-26-30-35-40/h2,38,40H,1,3-37H2,(H,41,42). The molecule has 0 radical (unpaired) electrons. The molecule has 1 atom stereocenters. The Labute approximate surface area is 269 Å². The Kier molecular flexibility index (Phi) is 36.6. The Hall–Kier alpha value is -0.870. The second-order valence-corrected chi connectivity index (χ2v) is 13.3. The lowest BCUT2D eigenvalue weighted by atomic mass is 9.97. The lowest BCUT2D eigenvalue weighted by molar-refractivity contribution is -0.141. The Morgan fingerprint density at radius 3 is 1.05 bits per heavy atom. The predicted molar refractivity (Wildman–Crippen MR) is 187 cm³/mol. The van der Waals surface area contributed by atoms with Crippen molar-refractivity contribution >= 4 is 5.97 Å². The van der Waals surface area contributed by atoms with Gasteiger partial charge in [0.05, 0.1) is 5.92 Å². The molecule has 256 valence electrons. The molecule has 4 nitrogen and oxygen atoms in total. The van der Waals surface area contributed by atoms with Crippen LogP contribution in [0.3, 0.4) is 0 Å². The number of hydrogen-bond acceptors (Lipinski definition) is 3. The summed E-state index contributed by atoms with van der Waals surface area (Å²) in [6.45, 7) is 5.95. The number of carboxylic acid groups (broad SMARTS) is 1. The van der Waals surface area contributed by atoms with Gasteiger partial charge in [-0.05, 0) is 32.1 Å². The monoisotopic (exact) mass is 609 g/mol. The lowest BCUT2D eigenvalue weighted by Crippen LogP contribution is -2.12. The van der Waals surface area contributed by atoms with Crippen LogP contribution in [0.2, 0.25) is 0 Å². The Bertz CT molecular complexity index is 549. The fourth-order valence-electron chi connectivity index (χ4n) is 6.15. The molecular weight excluding hydrogens is 532 g/mol. The van der Waals surface area contributed by atoms with E-state index in [1.165, 1.54) is 180 Å². The number of carbonyl (C=O) groups is 1. The summed E-state index contributed by atoms with van der Waals surface area (Å²) in [6, 6.07) is 0. The summed E-state index contributed by atoms with van der Waals surface area (Å²) in [7, 11) is 0. The van der Waals surface area contributed by atoms with E-state index in [-0.39, 0.29) is 5.92 Å². The zero-order chi connectivity index (χ0) is 31.3. The summed E-state index contributed by atoms with van der Waals surface area (Å²) in [5, 5.41) is 18.0. The van der Waals surface area contributed by atoms with Crippen molar-refractivity contribution in [3.63, 3.8) is 0 Å². The third-order valence-corrected chi connectivity index (χ3v) is 9.09. The average Bonchev–Trinajstić information content (AvgIpc) is 3.00. The minimum Gasteiger partial charge on any atom is -0.481 e. The summed E-state index contributed by atoms with van der Waals surface area (Å²) in [5.41, 5.74) is 0. The normalized spacial score (nSPS) is 12.1. The molecule has 0 aliphatic carbocycles. The second-order valence-electron chi connectivity index (χ2n) is 13.3. The highest BCUT2D eigenvalue weighted by atomic mass is 16.5. The number of hydrogen-bond donors (Lipinski definition) is 2. The smallest absolute Gasteiger partial charge is 0.306 e. The van der Waals surface area contributed by atoms with E-state index in [2.05, 4.69) is 6.58 Å². The summed E-state index contributed by atoms with van der Waals surface area (Å²) in [6.07, 6.45) is 43.0. The van der Waals surface area contributed by atoms with E-state index in [1.807, 2.05) is 0 Å². The molecule has 1 unspecified atom stereocenters. The molecule has 0 aromatic heterocycles. The molecule has 0 aromatic carbocycles. The van der Waals surface area contributed by atoms with E-state index in [0.717, 1.165) is 32.5 Å². The number of unbranched alkanes of at least 4 members (excludes halogenated alkanes) is 28. The van der Waals surface area contributed by atoms with Gasteiger partial charge in [-0.15, -0.1) is 6.58 Å². The van der Waals surface area contributed by atoms with E-state index in [0.29, 0.717) is 13.0 Å². The number of aliphatic hydroxyl groups excluding tert-OH is 1. The summed E-state index contributed by atoms with van der Waals surface area (Å²) in [5.74, 6) is -0.900. The minimum atomic E-state index is -0.669. The van der Waals surface area contributed by atoms with Gasteiger partial charge in [-0.2, -0.15) is 0 Å². The summed E-state index contributed by atoms with van der Waals surface area (Å²) >= 11 is 0. The number of allylic oxidation sites excluding steroid dienone is 1. The molecule has 0 spiro atoms. The lowest BCUT2D eigenvalue weighted by Gasteiger charge is -2.09. The number of ether oxygens (including phenoxy) is 1. The van der Waals surface area contributed by atoms with Gasteiger partial charge in [0.25, 0.3) is 0 Å². The molecule has 0 saturated carbocycles. The van der Waals surface area contributed by atoms with Crippen LogP contribution in [0.1, 0.15) is 205 Å². The fourth-order valence-corrected chi connectivity index (χ4v) is 6.15. The van der Waals surface area contributed by atoms with Crippen molar-refractivity contribution < 1.29 is 19.7 Å². The Morgan fingerprint density at radius 1 is 0.488 bits per heavy atom. The largest absolute Gasteiger partial charge is 0.481 e. The topological polar surface area (TPSA) is 66.8 Å². The van der Waals surface area contributed by atoms with Crippen LogP contribution in [0.5, 0.6) is 0 Å². The molecule has 0 heterocycles. The molecule has 43 heavy (non-hydrogen) atoms. The first-order chi connectivity index (χ1) is 21.2. The zero-order valence-corrected chi connectivity index (χ0v) is 28.8. The third-order valence-electron chi connectivity index (χ3n) is 9.09. The van der Waals surface area contributed by atoms with Gasteiger partial charge in [-0.3, -0.25) is 4.79 Å². The van der Waals surface area contributed by atoms with Crippen LogP contribution >= 0.6 is 0 Å². The number of rotatable bonds is 38. The molecule has 2 N–H and O–H groups in total. The molecular formula is C39H76O4. The maximum absolute atomic E-state index is 11.1. The van der Waals surface area contributed by atoms with Gasteiger partial charge in [0.15, 0.2) is 0 Å². The minimum absolute atomic E-state index is 0.231. The highest BCUT2D eigenvalue weighted by Gasteiger charge is 2.14. The number of aliphatic hydroxyl groups is 1. The van der Waals surface area contributed by atoms with Crippen LogP contribution in [0.25, 0.3) is 0 Å². The molecule has 0 saturated heterocycles. The maximum Gasteiger partial charge on any atom is 0.306 e. The first-order valence-corrected chi connectivity index (χ1v) is 19.2. The molecule has 0 rings (SSSR count). The van der Waals surface area contributed by atoms with Crippen LogP contribution in [-0.4, -0.2) is 36.0 Å². The van der Waals surface area contributed by atoms with Crippen LogP contribution < -0.4 is 0 Å². The first-order valence-electron chi connectivity index (χ1n) is 19.2. The van der Waals surface area contributed by atoms with Gasteiger partial charge in [-0.1, -0.05) is 179 Å². The van der Waals surface area contributed by atoms with Crippen molar-refractivity contribution in [3.05, 3.63) is 12.7 Å². The highest BCUT2D eigenvalue weighted by molar-refractivity contribution is 5.70. The molecule has 0 aliphatic heterocycles. The molecule has 0 bridgehead atoms. The summed E-state index contributed by atoms with van der Waals surface area (Å²) in [4.78, 5) is 11.1. The predicted octanol–water partition coefficient (Wildman–Crippen LogP) is 12.4. The number of aliphatic carboxylic acids is 1. The van der Waals surface area contributed by atoms with Crippen molar-refractivity contribution in [2.75, 3.05) is 19.8 Å². The van der Waals surface area contributed by atoms with Crippen molar-refractivity contribution in [3.8, 4) is 0 Å². The van der Waals surface area contributed by atoms with Gasteiger partial charge in [0.1, 0.15) is 0 Å². The van der Waals surface area contributed by atoms with E-state index < -0.39 is 5.97 Å². The molecule has 4 heteroatoms. The highest BCUT2D eigenvalue weighted by Crippen LogP contribution is 2.18. The van der Waals surface area contributed by atoms with Gasteiger partial charge in [0.2, 0.25) is 0 Å². The molecule has 0 amide bonds. The van der Waals surface area contributed by atoms with Crippen LogP contribution in [0, 0.1) is 5.92 Å². The van der Waals surface area contributed by atoms with Crippen molar-refractivity contribution in [1.29, 1.82) is 0 Å². The van der Waals surface area contributed by atoms with E-state index in [1.54, 1.807) is 6.08 Å². The SMILES string of the molecule is C=CCC(CCCCCCCCCCCCCCCCOCCCCCCCCCCCCCCCCCCO)C(=O)O. The van der Waals surface area contributed by atoms with Crippen LogP contribution in [-0.2, 0) is 9.53 Å². The average molecular weight is 609 g/mol. The van der Waals surface area contributed by atoms with Crippen molar-refractivity contribution in [2.45, 2.75) is 205 Å². The van der Waals surface area contributed by atoms with Gasteiger partial charge in [-0.25, -0.2) is 0 Å². The van der Waals surface area contributed by atoms with Crippen LogP contribution in [0.15, 0.2) is 12.7 Å². The Morgan fingerprint density at radius 2 is 0.767 bits per heavy atom. The Balaban J connectivity index is 3.11. The third kappa shape index (κ3) is 35.5. The number of carboxylic acids is 1. The second kappa shape index (κ2) is 37.3. The molecule has 0 aromatic rings. The molecule has 0 fully saturated rings. The van der Waals surface area contributed by atoms with Gasteiger partial charge >= 0.3 is 5.97 Å². The maximum atomic E-state index is 11.1. The van der Waals surface area contributed by atoms with E-state index in [4.69, 9.17) is 9.84 Å². The van der Waals surface area contributed by atoms with Crippen molar-refractivity contribution in [1.82, 2.24) is 0 Å². The first kappa shape index (κ1) is 42.1. The zero-order valence-electron chi connectivity index (χ0n) is 28.8. The fraction of sp³-hybridized carbons (Fsp3) is 0.923. The van der Waals surface area contributed by atoms with Crippen LogP contribution in [0.4, 0.5) is 0 Å². The van der Waals surface area contributed by atoms with Crippen molar-refractivity contribution in [2.24, 2.45) is 5.92 Å². The van der Waals surface area contributed by atoms with Gasteiger partial charge < -0.3 is 14.9 Å².